The Balaban J connectivity index is 1.53. The molecule has 140 valence electrons. The fraction of sp³-hybridized carbons (Fsp3) is 0.286. The van der Waals surface area contributed by atoms with Crippen LogP contribution < -0.4 is 9.64 Å². The first-order valence-electron chi connectivity index (χ1n) is 8.94. The summed E-state index contributed by atoms with van der Waals surface area (Å²) >= 11 is 1.36. The topological polar surface area (TPSA) is 32.8 Å². The number of methoxy groups -OCH3 is 1. The highest BCUT2D eigenvalue weighted by Crippen LogP contribution is 2.39. The van der Waals surface area contributed by atoms with Crippen molar-refractivity contribution in [1.82, 2.24) is 4.90 Å². The van der Waals surface area contributed by atoms with E-state index in [4.69, 9.17) is 4.74 Å². The maximum atomic E-state index is 13.6. The van der Waals surface area contributed by atoms with Crippen molar-refractivity contribution in [3.05, 3.63) is 58.7 Å². The Kier molecular flexibility index (Phi) is 4.74. The number of aryl methyl sites for hydroxylation is 1. The summed E-state index contributed by atoms with van der Waals surface area (Å²) < 4.78 is 19.9. The third kappa shape index (κ3) is 3.37. The van der Waals surface area contributed by atoms with Gasteiger partial charge in [-0.25, -0.2) is 4.39 Å². The van der Waals surface area contributed by atoms with Gasteiger partial charge in [0.25, 0.3) is 5.91 Å². The maximum absolute atomic E-state index is 13.6. The van der Waals surface area contributed by atoms with Crippen LogP contribution >= 0.6 is 11.3 Å². The van der Waals surface area contributed by atoms with Crippen LogP contribution in [0.5, 0.6) is 5.75 Å². The zero-order valence-corrected chi connectivity index (χ0v) is 16.2. The van der Waals surface area contributed by atoms with Crippen LogP contribution in [-0.2, 0) is 0 Å². The third-order valence-electron chi connectivity index (χ3n) is 4.97. The normalized spacial score (nSPS) is 14.6. The van der Waals surface area contributed by atoms with Crippen molar-refractivity contribution >= 4 is 33.0 Å². The molecule has 0 N–H and O–H groups in total. The number of amides is 1. The summed E-state index contributed by atoms with van der Waals surface area (Å²) in [6.07, 6.45) is 0. The molecule has 6 heteroatoms. The van der Waals surface area contributed by atoms with Gasteiger partial charge in [-0.2, -0.15) is 0 Å². The molecular weight excluding hydrogens is 363 g/mol. The van der Waals surface area contributed by atoms with Gasteiger partial charge in [-0.05, 0) is 37.3 Å². The molecule has 4 nitrogen and oxygen atoms in total. The van der Waals surface area contributed by atoms with Crippen LogP contribution in [0.1, 0.15) is 15.2 Å². The summed E-state index contributed by atoms with van der Waals surface area (Å²) in [7, 11) is 1.53. The van der Waals surface area contributed by atoms with E-state index in [-0.39, 0.29) is 11.7 Å². The lowest BCUT2D eigenvalue weighted by Crippen LogP contribution is -2.48. The highest BCUT2D eigenvalue weighted by atomic mass is 32.1. The van der Waals surface area contributed by atoms with Gasteiger partial charge in [-0.3, -0.25) is 4.79 Å². The number of hydrogen-bond donors (Lipinski definition) is 0. The van der Waals surface area contributed by atoms with Crippen LogP contribution in [-0.4, -0.2) is 44.1 Å². The Morgan fingerprint density at radius 2 is 1.78 bits per heavy atom. The fourth-order valence-corrected chi connectivity index (χ4v) is 4.58. The predicted octanol–water partition coefficient (Wildman–Crippen LogP) is 4.32. The largest absolute Gasteiger partial charge is 0.494 e. The number of benzene rings is 2. The van der Waals surface area contributed by atoms with Crippen molar-refractivity contribution in [2.24, 2.45) is 0 Å². The summed E-state index contributed by atoms with van der Waals surface area (Å²) in [5.74, 6) is 0.0989. The third-order valence-corrected chi connectivity index (χ3v) is 6.11. The van der Waals surface area contributed by atoms with E-state index in [1.54, 1.807) is 6.07 Å². The van der Waals surface area contributed by atoms with Gasteiger partial charge in [-0.1, -0.05) is 17.7 Å². The molecule has 0 radical (unpaired) electrons. The number of thiophene rings is 1. The van der Waals surface area contributed by atoms with E-state index in [9.17, 15) is 9.18 Å². The van der Waals surface area contributed by atoms with Gasteiger partial charge >= 0.3 is 0 Å². The van der Waals surface area contributed by atoms with Crippen molar-refractivity contribution in [2.75, 3.05) is 38.2 Å². The minimum atomic E-state index is -0.329. The molecule has 0 unspecified atom stereocenters. The van der Waals surface area contributed by atoms with E-state index in [1.807, 2.05) is 4.90 Å². The molecule has 2 aromatic carbocycles. The molecule has 2 heterocycles. The smallest absolute Gasteiger partial charge is 0.267 e. The van der Waals surface area contributed by atoms with Crippen LogP contribution in [0, 0.1) is 12.7 Å². The number of halogens is 1. The van der Waals surface area contributed by atoms with Gasteiger partial charge < -0.3 is 14.5 Å². The number of anilines is 1. The molecule has 0 saturated carbocycles. The molecule has 0 atom stereocenters. The lowest BCUT2D eigenvalue weighted by atomic mass is 10.2. The summed E-state index contributed by atoms with van der Waals surface area (Å²) in [4.78, 5) is 17.8. The highest BCUT2D eigenvalue weighted by molar-refractivity contribution is 7.21. The summed E-state index contributed by atoms with van der Waals surface area (Å²) in [6.45, 7) is 4.95. The Morgan fingerprint density at radius 1 is 1.07 bits per heavy atom. The molecule has 1 aliphatic heterocycles. The SMILES string of the molecule is COc1c(C(=O)N2CCN(c3ccc(C)cc3)CC2)sc2ccc(F)cc12. The van der Waals surface area contributed by atoms with Crippen molar-refractivity contribution in [3.8, 4) is 5.75 Å². The van der Waals surface area contributed by atoms with Gasteiger partial charge in [0.2, 0.25) is 0 Å². The fourth-order valence-electron chi connectivity index (χ4n) is 3.46. The van der Waals surface area contributed by atoms with Crippen LogP contribution in [0.25, 0.3) is 10.1 Å². The Bertz CT molecular complexity index is 976. The molecule has 0 bridgehead atoms. The molecule has 27 heavy (non-hydrogen) atoms. The monoisotopic (exact) mass is 384 g/mol. The van der Waals surface area contributed by atoms with Crippen molar-refractivity contribution in [1.29, 1.82) is 0 Å². The zero-order chi connectivity index (χ0) is 19.0. The maximum Gasteiger partial charge on any atom is 0.267 e. The van der Waals surface area contributed by atoms with Crippen LogP contribution in [0.3, 0.4) is 0 Å². The number of carbonyl (C=O) groups is 1. The molecular formula is C21H21FN2O2S. The Labute approximate surface area is 161 Å². The summed E-state index contributed by atoms with van der Waals surface area (Å²) in [5.41, 5.74) is 2.42. The summed E-state index contributed by atoms with van der Waals surface area (Å²) in [6, 6.07) is 13.0. The summed E-state index contributed by atoms with van der Waals surface area (Å²) in [5, 5.41) is 0.657. The second-order valence-corrected chi connectivity index (χ2v) is 7.77. The highest BCUT2D eigenvalue weighted by Gasteiger charge is 2.27. The molecule has 1 aromatic heterocycles. The zero-order valence-electron chi connectivity index (χ0n) is 15.4. The van der Waals surface area contributed by atoms with Gasteiger partial charge in [0.1, 0.15) is 16.4 Å². The van der Waals surface area contributed by atoms with Crippen molar-refractivity contribution in [2.45, 2.75) is 6.92 Å². The van der Waals surface area contributed by atoms with Crippen molar-refractivity contribution < 1.29 is 13.9 Å². The molecule has 4 rings (SSSR count). The molecule has 1 amide bonds. The Morgan fingerprint density at radius 3 is 2.44 bits per heavy atom. The van der Waals surface area contributed by atoms with Gasteiger partial charge in [0.05, 0.1) is 7.11 Å². The van der Waals surface area contributed by atoms with E-state index >= 15 is 0 Å². The number of carbonyl (C=O) groups excluding carboxylic acids is 1. The Hall–Kier alpha value is -2.60. The van der Waals surface area contributed by atoms with Crippen LogP contribution in [0.2, 0.25) is 0 Å². The minimum Gasteiger partial charge on any atom is -0.494 e. The molecule has 1 saturated heterocycles. The first kappa shape index (κ1) is 17.8. The number of fused-ring (bicyclic) bond motifs is 1. The second kappa shape index (κ2) is 7.19. The first-order chi connectivity index (χ1) is 13.1. The van der Waals surface area contributed by atoms with E-state index in [0.29, 0.717) is 29.1 Å². The average molecular weight is 384 g/mol. The van der Waals surface area contributed by atoms with E-state index in [0.717, 1.165) is 17.8 Å². The molecule has 0 spiro atoms. The lowest BCUT2D eigenvalue weighted by molar-refractivity contribution is 0.0749. The standard InChI is InChI=1S/C21H21FN2O2S/c1-14-3-6-16(7-4-14)23-9-11-24(12-10-23)21(25)20-19(26-2)17-13-15(22)5-8-18(17)27-20/h3-8,13H,9-12H2,1-2H3. The minimum absolute atomic E-state index is 0.0444. The molecule has 3 aromatic rings. The number of rotatable bonds is 3. The van der Waals surface area contributed by atoms with E-state index in [2.05, 4.69) is 36.1 Å². The van der Waals surface area contributed by atoms with Crippen LogP contribution in [0.4, 0.5) is 10.1 Å². The number of nitrogens with zero attached hydrogens (tertiary/aromatic N) is 2. The quantitative estimate of drug-likeness (QED) is 0.674. The van der Waals surface area contributed by atoms with Gasteiger partial charge in [0.15, 0.2) is 0 Å². The average Bonchev–Trinajstić information content (AvgIpc) is 3.06. The predicted molar refractivity (Wildman–Crippen MR) is 108 cm³/mol. The molecule has 1 aliphatic rings. The molecule has 1 fully saturated rings. The van der Waals surface area contributed by atoms with E-state index < -0.39 is 0 Å². The van der Waals surface area contributed by atoms with Gasteiger partial charge in [-0.15, -0.1) is 11.3 Å². The van der Waals surface area contributed by atoms with Crippen molar-refractivity contribution in [3.63, 3.8) is 0 Å². The second-order valence-electron chi connectivity index (χ2n) is 6.72. The van der Waals surface area contributed by atoms with Crippen LogP contribution in [0.15, 0.2) is 42.5 Å². The number of piperazine rings is 1. The van der Waals surface area contributed by atoms with E-state index in [1.165, 1.54) is 41.8 Å². The molecule has 0 aliphatic carbocycles. The number of ether oxygens (including phenoxy) is 1. The number of hydrogen-bond acceptors (Lipinski definition) is 4. The van der Waals surface area contributed by atoms with Gasteiger partial charge in [0, 0.05) is 42.0 Å². The first-order valence-corrected chi connectivity index (χ1v) is 9.75. The lowest BCUT2D eigenvalue weighted by Gasteiger charge is -2.36.